The number of benzene rings is 2. The molecule has 0 spiro atoms. The van der Waals surface area contributed by atoms with Gasteiger partial charge in [-0.1, -0.05) is 12.1 Å². The maximum Gasteiger partial charge on any atom is 0.258 e. The van der Waals surface area contributed by atoms with Crippen molar-refractivity contribution in [3.63, 3.8) is 0 Å². The molecular formula is C20H19NO3. The van der Waals surface area contributed by atoms with Gasteiger partial charge < -0.3 is 9.30 Å². The first-order chi connectivity index (χ1) is 11.5. The van der Waals surface area contributed by atoms with Gasteiger partial charge >= 0.3 is 0 Å². The molecule has 0 N–H and O–H groups in total. The van der Waals surface area contributed by atoms with Gasteiger partial charge in [0.05, 0.1) is 13.7 Å². The molecule has 0 amide bonds. The second-order valence-electron chi connectivity index (χ2n) is 5.92. The molecule has 0 saturated carbocycles. The van der Waals surface area contributed by atoms with E-state index in [1.54, 1.807) is 25.4 Å². The predicted octanol–water partition coefficient (Wildman–Crippen LogP) is 3.51. The van der Waals surface area contributed by atoms with Crippen LogP contribution in [0.3, 0.4) is 0 Å². The third kappa shape index (κ3) is 2.95. The Labute approximate surface area is 140 Å². The van der Waals surface area contributed by atoms with Crippen LogP contribution in [0.2, 0.25) is 0 Å². The average Bonchev–Trinajstić information content (AvgIpc) is 2.59. The zero-order chi connectivity index (χ0) is 17.3. The lowest BCUT2D eigenvalue weighted by molar-refractivity contribution is 0.0971. The number of ketones is 1. The summed E-state index contributed by atoms with van der Waals surface area (Å²) in [7, 11) is 1.59. The molecule has 3 rings (SSSR count). The molecule has 1 heterocycles. The summed E-state index contributed by atoms with van der Waals surface area (Å²) < 4.78 is 6.62. The molecule has 0 unspecified atom stereocenters. The third-order valence-corrected chi connectivity index (χ3v) is 4.33. The van der Waals surface area contributed by atoms with Crippen molar-refractivity contribution in [1.29, 1.82) is 0 Å². The van der Waals surface area contributed by atoms with Crippen LogP contribution in [-0.4, -0.2) is 17.5 Å². The monoisotopic (exact) mass is 321 g/mol. The fourth-order valence-electron chi connectivity index (χ4n) is 2.68. The smallest absolute Gasteiger partial charge is 0.258 e. The van der Waals surface area contributed by atoms with Crippen molar-refractivity contribution < 1.29 is 9.53 Å². The van der Waals surface area contributed by atoms with Gasteiger partial charge in [0, 0.05) is 17.1 Å². The lowest BCUT2D eigenvalue weighted by Crippen LogP contribution is -2.23. The highest BCUT2D eigenvalue weighted by molar-refractivity contribution is 5.96. The van der Waals surface area contributed by atoms with Crippen molar-refractivity contribution in [3.8, 4) is 5.75 Å². The SMILES string of the molecule is COc1ccc2c(=O)n(CC(=O)c3ccc(C)c(C)c3)ccc2c1. The first-order valence-corrected chi connectivity index (χ1v) is 7.77. The van der Waals surface area contributed by atoms with Gasteiger partial charge in [0.25, 0.3) is 5.56 Å². The Morgan fingerprint density at radius 2 is 1.83 bits per heavy atom. The number of pyridine rings is 1. The van der Waals surface area contributed by atoms with Crippen LogP contribution in [0.4, 0.5) is 0 Å². The Hall–Kier alpha value is -2.88. The van der Waals surface area contributed by atoms with E-state index >= 15 is 0 Å². The van der Waals surface area contributed by atoms with Crippen molar-refractivity contribution in [3.05, 3.63) is 75.7 Å². The van der Waals surface area contributed by atoms with Gasteiger partial charge in [-0.3, -0.25) is 9.59 Å². The van der Waals surface area contributed by atoms with Crippen LogP contribution in [0.15, 0.2) is 53.5 Å². The Balaban J connectivity index is 1.95. The maximum atomic E-state index is 12.6. The predicted molar refractivity (Wildman–Crippen MR) is 95.0 cm³/mol. The number of methoxy groups -OCH3 is 1. The van der Waals surface area contributed by atoms with E-state index in [0.29, 0.717) is 16.7 Å². The van der Waals surface area contributed by atoms with Crippen LogP contribution in [0.5, 0.6) is 5.75 Å². The van der Waals surface area contributed by atoms with Gasteiger partial charge in [-0.25, -0.2) is 0 Å². The normalized spacial score (nSPS) is 10.8. The first-order valence-electron chi connectivity index (χ1n) is 7.77. The molecule has 2 aromatic carbocycles. The minimum atomic E-state index is -0.174. The van der Waals surface area contributed by atoms with Crippen molar-refractivity contribution >= 4 is 16.6 Å². The number of nitrogens with zero attached hydrogens (tertiary/aromatic N) is 1. The van der Waals surface area contributed by atoms with Gasteiger partial charge in [0.2, 0.25) is 0 Å². The Morgan fingerprint density at radius 1 is 1.04 bits per heavy atom. The number of ether oxygens (including phenoxy) is 1. The summed E-state index contributed by atoms with van der Waals surface area (Å²) in [6.07, 6.45) is 1.66. The van der Waals surface area contributed by atoms with Gasteiger partial charge in [-0.15, -0.1) is 0 Å². The molecule has 0 aliphatic carbocycles. The number of hydrogen-bond acceptors (Lipinski definition) is 3. The second-order valence-corrected chi connectivity index (χ2v) is 5.92. The van der Waals surface area contributed by atoms with Crippen molar-refractivity contribution in [2.75, 3.05) is 7.11 Å². The number of aromatic nitrogens is 1. The minimum Gasteiger partial charge on any atom is -0.497 e. The molecule has 0 aliphatic rings. The lowest BCUT2D eigenvalue weighted by atomic mass is 10.0. The summed E-state index contributed by atoms with van der Waals surface area (Å²) >= 11 is 0. The summed E-state index contributed by atoms with van der Waals surface area (Å²) in [5.41, 5.74) is 2.66. The molecule has 0 fully saturated rings. The number of carbonyl (C=O) groups is 1. The van der Waals surface area contributed by atoms with Crippen molar-refractivity contribution in [2.45, 2.75) is 20.4 Å². The second kappa shape index (κ2) is 6.32. The number of rotatable bonds is 4. The van der Waals surface area contributed by atoms with E-state index in [4.69, 9.17) is 4.74 Å². The highest BCUT2D eigenvalue weighted by atomic mass is 16.5. The van der Waals surface area contributed by atoms with E-state index in [2.05, 4.69) is 0 Å². The molecule has 1 aromatic heterocycles. The molecule has 4 heteroatoms. The van der Waals surface area contributed by atoms with Crippen LogP contribution in [-0.2, 0) is 6.54 Å². The summed E-state index contributed by atoms with van der Waals surface area (Å²) in [5, 5.41) is 1.38. The molecule has 0 saturated heterocycles. The van der Waals surface area contributed by atoms with E-state index in [0.717, 1.165) is 16.5 Å². The molecule has 3 aromatic rings. The number of carbonyl (C=O) groups excluding carboxylic acids is 1. The fraction of sp³-hybridized carbons (Fsp3) is 0.200. The maximum absolute atomic E-state index is 12.6. The topological polar surface area (TPSA) is 48.3 Å². The van der Waals surface area contributed by atoms with E-state index < -0.39 is 0 Å². The van der Waals surface area contributed by atoms with Crippen molar-refractivity contribution in [2.24, 2.45) is 0 Å². The zero-order valence-corrected chi connectivity index (χ0v) is 14.0. The Morgan fingerprint density at radius 3 is 2.54 bits per heavy atom. The third-order valence-electron chi connectivity index (χ3n) is 4.33. The molecule has 0 bridgehead atoms. The largest absolute Gasteiger partial charge is 0.497 e. The summed E-state index contributed by atoms with van der Waals surface area (Å²) in [6.45, 7) is 4.01. The van der Waals surface area contributed by atoms with Crippen molar-refractivity contribution in [1.82, 2.24) is 4.57 Å². The summed E-state index contributed by atoms with van der Waals surface area (Å²) in [5.74, 6) is 0.624. The van der Waals surface area contributed by atoms with Crippen LogP contribution < -0.4 is 10.3 Å². The number of fused-ring (bicyclic) bond motifs is 1. The average molecular weight is 321 g/mol. The van der Waals surface area contributed by atoms with Gasteiger partial charge in [0.1, 0.15) is 5.75 Å². The summed E-state index contributed by atoms with van der Waals surface area (Å²) in [6, 6.07) is 12.7. The molecular weight excluding hydrogens is 302 g/mol. The molecule has 0 atom stereocenters. The quantitative estimate of drug-likeness (QED) is 0.691. The van der Waals surface area contributed by atoms with Crippen LogP contribution in [0.25, 0.3) is 10.8 Å². The van der Waals surface area contributed by atoms with Gasteiger partial charge in [-0.2, -0.15) is 0 Å². The number of aryl methyl sites for hydroxylation is 2. The minimum absolute atomic E-state index is 0.0311. The molecule has 122 valence electrons. The van der Waals surface area contributed by atoms with Crippen LogP contribution in [0.1, 0.15) is 21.5 Å². The highest BCUT2D eigenvalue weighted by Crippen LogP contribution is 2.18. The molecule has 0 aliphatic heterocycles. The first kappa shape index (κ1) is 16.0. The van der Waals surface area contributed by atoms with E-state index in [-0.39, 0.29) is 17.9 Å². The zero-order valence-electron chi connectivity index (χ0n) is 14.0. The standard InChI is InChI=1S/C20H19NO3/c1-13-4-5-16(10-14(13)2)19(22)12-21-9-8-15-11-17(24-3)6-7-18(15)20(21)23/h4-11H,12H2,1-3H3. The Kier molecular flexibility index (Phi) is 4.21. The van der Waals surface area contributed by atoms with Crippen LogP contribution >= 0.6 is 0 Å². The van der Waals surface area contributed by atoms with E-state index in [1.165, 1.54) is 4.57 Å². The number of hydrogen-bond donors (Lipinski definition) is 0. The van der Waals surface area contributed by atoms with Crippen LogP contribution in [0, 0.1) is 13.8 Å². The summed E-state index contributed by atoms with van der Waals surface area (Å²) in [4.78, 5) is 25.1. The highest BCUT2D eigenvalue weighted by Gasteiger charge is 2.11. The number of Topliss-reactive ketones (excluding diaryl/α,β-unsaturated/α-hetero) is 1. The molecule has 4 nitrogen and oxygen atoms in total. The Bertz CT molecular complexity index is 986. The fourth-order valence-corrected chi connectivity index (χ4v) is 2.68. The molecule has 24 heavy (non-hydrogen) atoms. The molecule has 0 radical (unpaired) electrons. The van der Waals surface area contributed by atoms with Gasteiger partial charge in [0.15, 0.2) is 5.78 Å². The van der Waals surface area contributed by atoms with E-state index in [1.807, 2.05) is 44.2 Å². The lowest BCUT2D eigenvalue weighted by Gasteiger charge is -2.09. The van der Waals surface area contributed by atoms with E-state index in [9.17, 15) is 9.59 Å². The van der Waals surface area contributed by atoms with Gasteiger partial charge in [-0.05, 0) is 60.7 Å².